The maximum Gasteiger partial charge on any atom is 0.272 e. The Hall–Kier alpha value is -3.74. The highest BCUT2D eigenvalue weighted by molar-refractivity contribution is 5.92. The fraction of sp³-hybridized carbons (Fsp3) is 0.174. The first kappa shape index (κ1) is 19.6. The number of aryl methyl sites for hydroxylation is 1. The van der Waals surface area contributed by atoms with Gasteiger partial charge >= 0.3 is 0 Å². The average molecular weight is 403 g/mol. The fourth-order valence-electron chi connectivity index (χ4n) is 3.37. The van der Waals surface area contributed by atoms with Gasteiger partial charge in [-0.15, -0.1) is 0 Å². The largest absolute Gasteiger partial charge is 0.346 e. The van der Waals surface area contributed by atoms with Gasteiger partial charge in [-0.05, 0) is 43.7 Å². The van der Waals surface area contributed by atoms with Gasteiger partial charge in [0.25, 0.3) is 5.91 Å². The summed E-state index contributed by atoms with van der Waals surface area (Å²) in [4.78, 5) is 12.6. The minimum absolute atomic E-state index is 0.270. The van der Waals surface area contributed by atoms with Crippen LogP contribution in [-0.2, 0) is 13.1 Å². The molecular weight excluding hydrogens is 381 g/mol. The zero-order valence-corrected chi connectivity index (χ0v) is 16.8. The summed E-state index contributed by atoms with van der Waals surface area (Å²) in [6.45, 7) is 4.98. The number of amides is 1. The molecule has 7 heteroatoms. The molecule has 0 spiro atoms. The molecule has 2 aromatic carbocycles. The number of hydrogen-bond donors (Lipinski definition) is 1. The van der Waals surface area contributed by atoms with E-state index in [1.165, 1.54) is 22.4 Å². The van der Waals surface area contributed by atoms with Crippen LogP contribution < -0.4 is 5.32 Å². The quantitative estimate of drug-likeness (QED) is 0.533. The molecule has 4 aromatic rings. The van der Waals surface area contributed by atoms with Crippen LogP contribution in [0.15, 0.2) is 66.9 Å². The maximum atomic E-state index is 13.4. The van der Waals surface area contributed by atoms with Crippen LogP contribution in [0.4, 0.5) is 4.39 Å². The van der Waals surface area contributed by atoms with E-state index in [-0.39, 0.29) is 17.4 Å². The third-order valence-electron chi connectivity index (χ3n) is 5.03. The van der Waals surface area contributed by atoms with Crippen LogP contribution in [0.2, 0.25) is 0 Å². The predicted octanol–water partition coefficient (Wildman–Crippen LogP) is 3.80. The molecule has 0 radical (unpaired) electrons. The summed E-state index contributed by atoms with van der Waals surface area (Å²) in [5, 5.41) is 11.8. The molecule has 0 saturated heterocycles. The molecule has 0 aliphatic rings. The maximum absolute atomic E-state index is 13.4. The molecule has 2 heterocycles. The van der Waals surface area contributed by atoms with E-state index in [0.717, 1.165) is 17.0 Å². The summed E-state index contributed by atoms with van der Waals surface area (Å²) in [5.41, 5.74) is 4.88. The van der Waals surface area contributed by atoms with Gasteiger partial charge in [0.1, 0.15) is 5.82 Å². The molecule has 0 saturated carbocycles. The van der Waals surface area contributed by atoms with Crippen LogP contribution in [0.3, 0.4) is 0 Å². The lowest BCUT2D eigenvalue weighted by Crippen LogP contribution is -2.24. The molecule has 0 aliphatic heterocycles. The molecule has 0 aliphatic carbocycles. The molecule has 4 rings (SSSR count). The average Bonchev–Trinajstić information content (AvgIpc) is 3.33. The van der Waals surface area contributed by atoms with E-state index in [2.05, 4.69) is 27.6 Å². The Morgan fingerprint density at radius 2 is 1.83 bits per heavy atom. The summed E-state index contributed by atoms with van der Waals surface area (Å²) >= 11 is 0. The number of nitrogens with one attached hydrogen (secondary N) is 1. The smallest absolute Gasteiger partial charge is 0.272 e. The summed E-state index contributed by atoms with van der Waals surface area (Å²) in [6, 6.07) is 17.8. The summed E-state index contributed by atoms with van der Waals surface area (Å²) in [5.74, 6) is -0.646. The van der Waals surface area contributed by atoms with E-state index >= 15 is 0 Å². The normalized spacial score (nSPS) is 10.9. The van der Waals surface area contributed by atoms with Crippen LogP contribution >= 0.6 is 0 Å². The summed E-state index contributed by atoms with van der Waals surface area (Å²) < 4.78 is 16.8. The van der Waals surface area contributed by atoms with E-state index in [1.54, 1.807) is 24.4 Å². The van der Waals surface area contributed by atoms with Crippen molar-refractivity contribution in [2.75, 3.05) is 0 Å². The molecule has 2 aromatic heterocycles. The van der Waals surface area contributed by atoms with E-state index in [0.29, 0.717) is 18.8 Å². The van der Waals surface area contributed by atoms with Crippen molar-refractivity contribution in [3.05, 3.63) is 101 Å². The van der Waals surface area contributed by atoms with Gasteiger partial charge in [-0.2, -0.15) is 10.2 Å². The first-order valence-corrected chi connectivity index (χ1v) is 9.68. The van der Waals surface area contributed by atoms with Crippen molar-refractivity contribution in [3.63, 3.8) is 0 Å². The lowest BCUT2D eigenvalue weighted by atomic mass is 10.2. The Kier molecular flexibility index (Phi) is 5.43. The summed E-state index contributed by atoms with van der Waals surface area (Å²) in [6.07, 6.45) is 1.64. The lowest BCUT2D eigenvalue weighted by molar-refractivity contribution is 0.0945. The highest BCUT2D eigenvalue weighted by atomic mass is 19.1. The number of aromatic nitrogens is 4. The van der Waals surface area contributed by atoms with Crippen LogP contribution in [0.25, 0.3) is 5.69 Å². The van der Waals surface area contributed by atoms with Gasteiger partial charge in [0, 0.05) is 24.0 Å². The Bertz CT molecular complexity index is 1180. The van der Waals surface area contributed by atoms with Crippen LogP contribution in [-0.4, -0.2) is 25.5 Å². The molecule has 1 amide bonds. The Morgan fingerprint density at radius 1 is 1.03 bits per heavy atom. The van der Waals surface area contributed by atoms with Crippen LogP contribution in [0, 0.1) is 19.7 Å². The van der Waals surface area contributed by atoms with Crippen molar-refractivity contribution in [1.82, 2.24) is 24.9 Å². The van der Waals surface area contributed by atoms with Gasteiger partial charge in [-0.25, -0.2) is 9.07 Å². The van der Waals surface area contributed by atoms with Crippen molar-refractivity contribution >= 4 is 5.91 Å². The molecule has 0 bridgehead atoms. The number of carbonyl (C=O) groups is 1. The SMILES string of the molecule is Cc1nn(Cc2ccccc2)c(C)c1CNC(=O)c1ccn(-c2cccc(F)c2)n1. The molecule has 30 heavy (non-hydrogen) atoms. The van der Waals surface area contributed by atoms with Crippen molar-refractivity contribution in [1.29, 1.82) is 0 Å². The van der Waals surface area contributed by atoms with Gasteiger partial charge in [-0.3, -0.25) is 9.48 Å². The van der Waals surface area contributed by atoms with Gasteiger partial charge in [0.2, 0.25) is 0 Å². The van der Waals surface area contributed by atoms with Gasteiger partial charge in [0.15, 0.2) is 5.69 Å². The van der Waals surface area contributed by atoms with E-state index < -0.39 is 0 Å². The highest BCUT2D eigenvalue weighted by Gasteiger charge is 2.15. The predicted molar refractivity (Wildman–Crippen MR) is 112 cm³/mol. The number of rotatable bonds is 6. The van der Waals surface area contributed by atoms with Gasteiger partial charge < -0.3 is 5.32 Å². The zero-order valence-electron chi connectivity index (χ0n) is 16.8. The van der Waals surface area contributed by atoms with Gasteiger partial charge in [-0.1, -0.05) is 36.4 Å². The van der Waals surface area contributed by atoms with Crippen molar-refractivity contribution in [2.24, 2.45) is 0 Å². The number of carbonyl (C=O) groups excluding carboxylic acids is 1. The molecule has 152 valence electrons. The standard InChI is InChI=1S/C23H22FN5O/c1-16-21(17(2)29(26-16)15-18-7-4-3-5-8-18)14-25-23(30)22-11-12-28(27-22)20-10-6-9-19(24)13-20/h3-13H,14-15H2,1-2H3,(H,25,30). The van der Waals surface area contributed by atoms with Crippen LogP contribution in [0.5, 0.6) is 0 Å². The molecule has 0 atom stereocenters. The minimum Gasteiger partial charge on any atom is -0.346 e. The Balaban J connectivity index is 1.44. The van der Waals surface area contributed by atoms with Crippen molar-refractivity contribution in [3.8, 4) is 5.69 Å². The number of hydrogen-bond acceptors (Lipinski definition) is 3. The number of halogens is 1. The highest BCUT2D eigenvalue weighted by Crippen LogP contribution is 2.15. The Labute approximate surface area is 174 Å². The zero-order chi connectivity index (χ0) is 21.1. The first-order chi connectivity index (χ1) is 14.5. The second-order valence-corrected chi connectivity index (χ2v) is 7.10. The van der Waals surface area contributed by atoms with E-state index in [4.69, 9.17) is 0 Å². The van der Waals surface area contributed by atoms with E-state index in [1.807, 2.05) is 36.7 Å². The fourth-order valence-corrected chi connectivity index (χ4v) is 3.37. The Morgan fingerprint density at radius 3 is 2.60 bits per heavy atom. The van der Waals surface area contributed by atoms with Crippen LogP contribution in [0.1, 0.15) is 33.0 Å². The second-order valence-electron chi connectivity index (χ2n) is 7.10. The lowest BCUT2D eigenvalue weighted by Gasteiger charge is -2.07. The summed E-state index contributed by atoms with van der Waals surface area (Å²) in [7, 11) is 0. The van der Waals surface area contributed by atoms with Crippen molar-refractivity contribution < 1.29 is 9.18 Å². The first-order valence-electron chi connectivity index (χ1n) is 9.68. The number of benzene rings is 2. The van der Waals surface area contributed by atoms with E-state index in [9.17, 15) is 9.18 Å². The minimum atomic E-state index is -0.354. The van der Waals surface area contributed by atoms with Gasteiger partial charge in [0.05, 0.1) is 17.9 Å². The third kappa shape index (κ3) is 4.15. The number of nitrogens with zero attached hydrogens (tertiary/aromatic N) is 4. The topological polar surface area (TPSA) is 64.7 Å². The molecule has 0 fully saturated rings. The molecule has 1 N–H and O–H groups in total. The third-order valence-corrected chi connectivity index (χ3v) is 5.03. The monoisotopic (exact) mass is 403 g/mol. The van der Waals surface area contributed by atoms with Crippen molar-refractivity contribution in [2.45, 2.75) is 26.9 Å². The molecule has 6 nitrogen and oxygen atoms in total. The molecule has 0 unspecified atom stereocenters. The molecular formula is C23H22FN5O. The second kappa shape index (κ2) is 8.32.